The van der Waals surface area contributed by atoms with E-state index in [1.165, 1.54) is 20.5 Å². The molecular formula is C12H16O5. The summed E-state index contributed by atoms with van der Waals surface area (Å²) in [7, 11) is 2.58. The molecule has 0 saturated heterocycles. The Kier molecular flexibility index (Phi) is 4.31. The highest BCUT2D eigenvalue weighted by atomic mass is 16.5. The van der Waals surface area contributed by atoms with Crippen LogP contribution in [0.1, 0.15) is 41.4 Å². The number of carbonyl (C=O) groups excluding carboxylic acids is 2. The van der Waals surface area contributed by atoms with Crippen LogP contribution in [0.2, 0.25) is 0 Å². The molecule has 0 amide bonds. The van der Waals surface area contributed by atoms with Gasteiger partial charge < -0.3 is 13.9 Å². The summed E-state index contributed by atoms with van der Waals surface area (Å²) in [5.41, 5.74) is 0.820. The first-order valence-corrected chi connectivity index (χ1v) is 5.26. The molecule has 1 aromatic rings. The van der Waals surface area contributed by atoms with E-state index in [-0.39, 0.29) is 17.9 Å². The second-order valence-corrected chi connectivity index (χ2v) is 3.89. The van der Waals surface area contributed by atoms with E-state index in [0.717, 1.165) is 0 Å². The fourth-order valence-corrected chi connectivity index (χ4v) is 1.56. The minimum atomic E-state index is -0.514. The van der Waals surface area contributed by atoms with Crippen LogP contribution in [0.5, 0.6) is 0 Å². The van der Waals surface area contributed by atoms with Crippen molar-refractivity contribution < 1.29 is 23.5 Å². The van der Waals surface area contributed by atoms with Crippen molar-refractivity contribution in [3.8, 4) is 0 Å². The summed E-state index contributed by atoms with van der Waals surface area (Å²) in [4.78, 5) is 22.8. The molecular weight excluding hydrogens is 224 g/mol. The van der Waals surface area contributed by atoms with Gasteiger partial charge in [0.25, 0.3) is 0 Å². The number of carbonyl (C=O) groups is 2. The lowest BCUT2D eigenvalue weighted by molar-refractivity contribution is -0.139. The molecule has 0 spiro atoms. The summed E-state index contributed by atoms with van der Waals surface area (Å²) in [5, 5.41) is 0. The summed E-state index contributed by atoms with van der Waals surface area (Å²) in [5.74, 6) is -0.248. The highest BCUT2D eigenvalue weighted by Gasteiger charge is 2.23. The maximum Gasteiger partial charge on any atom is 0.341 e. The van der Waals surface area contributed by atoms with Gasteiger partial charge in [-0.05, 0) is 0 Å². The molecule has 0 atom stereocenters. The van der Waals surface area contributed by atoms with Crippen LogP contribution in [0.15, 0.2) is 10.7 Å². The molecule has 1 rings (SSSR count). The van der Waals surface area contributed by atoms with E-state index < -0.39 is 11.9 Å². The fourth-order valence-electron chi connectivity index (χ4n) is 1.56. The van der Waals surface area contributed by atoms with Crippen LogP contribution in [-0.2, 0) is 20.7 Å². The van der Waals surface area contributed by atoms with Gasteiger partial charge in [-0.25, -0.2) is 4.79 Å². The lowest BCUT2D eigenvalue weighted by Gasteiger charge is -2.06. The Labute approximate surface area is 99.7 Å². The highest BCUT2D eigenvalue weighted by Crippen LogP contribution is 2.26. The molecule has 17 heavy (non-hydrogen) atoms. The average Bonchev–Trinajstić information content (AvgIpc) is 2.71. The van der Waals surface area contributed by atoms with Crippen LogP contribution < -0.4 is 0 Å². The van der Waals surface area contributed by atoms with Crippen molar-refractivity contribution >= 4 is 11.9 Å². The minimum Gasteiger partial charge on any atom is -0.469 e. The highest BCUT2D eigenvalue weighted by molar-refractivity contribution is 5.92. The van der Waals surface area contributed by atoms with Gasteiger partial charge in [0.15, 0.2) is 0 Å². The lowest BCUT2D eigenvalue weighted by atomic mass is 10.0. The molecule has 5 heteroatoms. The third-order valence-corrected chi connectivity index (χ3v) is 2.40. The zero-order valence-electron chi connectivity index (χ0n) is 10.4. The molecule has 0 fully saturated rings. The Hall–Kier alpha value is -1.78. The topological polar surface area (TPSA) is 65.7 Å². The van der Waals surface area contributed by atoms with Gasteiger partial charge in [0.1, 0.15) is 17.6 Å². The van der Waals surface area contributed by atoms with E-state index in [1.807, 2.05) is 13.8 Å². The minimum absolute atomic E-state index is 0.00491. The standard InChI is InChI=1S/C12H16O5/c1-7(2)11-8(5-10(13)15-3)9(6-17-11)12(14)16-4/h6-7H,5H2,1-4H3. The van der Waals surface area contributed by atoms with Gasteiger partial charge in [-0.15, -0.1) is 0 Å². The fraction of sp³-hybridized carbons (Fsp3) is 0.500. The molecule has 5 nitrogen and oxygen atoms in total. The first-order valence-electron chi connectivity index (χ1n) is 5.26. The van der Waals surface area contributed by atoms with Crippen molar-refractivity contribution in [3.05, 3.63) is 23.2 Å². The second kappa shape index (κ2) is 5.52. The molecule has 0 saturated carbocycles. The zero-order valence-corrected chi connectivity index (χ0v) is 10.4. The largest absolute Gasteiger partial charge is 0.469 e. The first-order chi connectivity index (χ1) is 8.01. The Balaban J connectivity index is 3.14. The SMILES string of the molecule is COC(=O)Cc1c(C(=O)OC)coc1C(C)C. The Bertz CT molecular complexity index is 417. The molecule has 1 aromatic heterocycles. The first kappa shape index (κ1) is 13.3. The van der Waals surface area contributed by atoms with E-state index in [2.05, 4.69) is 9.47 Å². The maximum atomic E-state index is 11.5. The molecule has 0 aliphatic heterocycles. The van der Waals surface area contributed by atoms with Crippen LogP contribution >= 0.6 is 0 Å². The van der Waals surface area contributed by atoms with Gasteiger partial charge in [0, 0.05) is 11.5 Å². The molecule has 94 valence electrons. The third-order valence-electron chi connectivity index (χ3n) is 2.40. The molecule has 1 heterocycles. The number of furan rings is 1. The van der Waals surface area contributed by atoms with Crippen molar-refractivity contribution in [1.29, 1.82) is 0 Å². The monoisotopic (exact) mass is 240 g/mol. The number of hydrogen-bond donors (Lipinski definition) is 0. The van der Waals surface area contributed by atoms with Crippen LogP contribution in [0.25, 0.3) is 0 Å². The number of ether oxygens (including phenoxy) is 2. The molecule has 0 radical (unpaired) electrons. The van der Waals surface area contributed by atoms with E-state index in [1.54, 1.807) is 0 Å². The van der Waals surface area contributed by atoms with Crippen molar-refractivity contribution in [2.45, 2.75) is 26.2 Å². The van der Waals surface area contributed by atoms with Gasteiger partial charge in [0.2, 0.25) is 0 Å². The van der Waals surface area contributed by atoms with E-state index >= 15 is 0 Å². The van der Waals surface area contributed by atoms with E-state index in [9.17, 15) is 9.59 Å². The van der Waals surface area contributed by atoms with Crippen molar-refractivity contribution in [2.24, 2.45) is 0 Å². The van der Waals surface area contributed by atoms with E-state index in [4.69, 9.17) is 4.42 Å². The number of methoxy groups -OCH3 is 2. The van der Waals surface area contributed by atoms with Crippen LogP contribution in [0.4, 0.5) is 0 Å². The third kappa shape index (κ3) is 2.87. The van der Waals surface area contributed by atoms with Gasteiger partial charge in [-0.1, -0.05) is 13.8 Å². The molecule has 0 aliphatic rings. The predicted molar refractivity (Wildman–Crippen MR) is 59.9 cm³/mol. The molecule has 0 unspecified atom stereocenters. The molecule has 0 aromatic carbocycles. The van der Waals surface area contributed by atoms with Gasteiger partial charge >= 0.3 is 11.9 Å². The molecule has 0 bridgehead atoms. The molecule has 0 aliphatic carbocycles. The van der Waals surface area contributed by atoms with Crippen LogP contribution in [0.3, 0.4) is 0 Å². The van der Waals surface area contributed by atoms with Gasteiger partial charge in [-0.2, -0.15) is 0 Å². The number of esters is 2. The normalized spacial score (nSPS) is 10.4. The van der Waals surface area contributed by atoms with Crippen molar-refractivity contribution in [2.75, 3.05) is 14.2 Å². The Morgan fingerprint density at radius 2 is 1.94 bits per heavy atom. The quantitative estimate of drug-likeness (QED) is 0.752. The summed E-state index contributed by atoms with van der Waals surface area (Å²) in [6.07, 6.45) is 1.32. The summed E-state index contributed by atoms with van der Waals surface area (Å²) >= 11 is 0. The van der Waals surface area contributed by atoms with Crippen molar-refractivity contribution in [3.63, 3.8) is 0 Å². The van der Waals surface area contributed by atoms with Gasteiger partial charge in [-0.3, -0.25) is 4.79 Å². The lowest BCUT2D eigenvalue weighted by Crippen LogP contribution is -2.11. The van der Waals surface area contributed by atoms with Crippen molar-refractivity contribution in [1.82, 2.24) is 0 Å². The summed E-state index contributed by atoms with van der Waals surface area (Å²) < 4.78 is 14.5. The second-order valence-electron chi connectivity index (χ2n) is 3.89. The van der Waals surface area contributed by atoms with E-state index in [0.29, 0.717) is 11.3 Å². The zero-order chi connectivity index (χ0) is 13.0. The summed E-state index contributed by atoms with van der Waals surface area (Å²) in [6, 6.07) is 0. The smallest absolute Gasteiger partial charge is 0.341 e. The Morgan fingerprint density at radius 1 is 1.29 bits per heavy atom. The Morgan fingerprint density at radius 3 is 2.41 bits per heavy atom. The number of hydrogen-bond acceptors (Lipinski definition) is 5. The van der Waals surface area contributed by atoms with Gasteiger partial charge in [0.05, 0.1) is 20.6 Å². The number of rotatable bonds is 4. The summed E-state index contributed by atoms with van der Waals surface area (Å²) in [6.45, 7) is 3.83. The van der Waals surface area contributed by atoms with Crippen LogP contribution in [0, 0.1) is 0 Å². The molecule has 0 N–H and O–H groups in total. The predicted octanol–water partition coefficient (Wildman–Crippen LogP) is 1.91. The average molecular weight is 240 g/mol. The maximum absolute atomic E-state index is 11.5. The van der Waals surface area contributed by atoms with Crippen LogP contribution in [-0.4, -0.2) is 26.2 Å².